The van der Waals surface area contributed by atoms with Crippen molar-refractivity contribution in [2.24, 2.45) is 0 Å². The van der Waals surface area contributed by atoms with E-state index in [1.54, 1.807) is 7.11 Å². The van der Waals surface area contributed by atoms with E-state index >= 15 is 0 Å². The molecule has 1 aromatic carbocycles. The Morgan fingerprint density at radius 2 is 1.81 bits per heavy atom. The lowest BCUT2D eigenvalue weighted by molar-refractivity contribution is -0.147. The van der Waals surface area contributed by atoms with Crippen LogP contribution in [0.25, 0.3) is 0 Å². The number of carbonyl (C=O) groups is 1. The van der Waals surface area contributed by atoms with Gasteiger partial charge in [-0.15, -0.1) is 24.8 Å². The minimum atomic E-state index is -0.629. The molecule has 7 heteroatoms. The van der Waals surface area contributed by atoms with E-state index in [9.17, 15) is 4.79 Å². The summed E-state index contributed by atoms with van der Waals surface area (Å²) in [6, 6.07) is 10.9. The van der Waals surface area contributed by atoms with Crippen molar-refractivity contribution < 1.29 is 9.53 Å². The number of hydrogen-bond acceptors (Lipinski definition) is 4. The highest BCUT2D eigenvalue weighted by Gasteiger charge is 2.40. The van der Waals surface area contributed by atoms with E-state index in [2.05, 4.69) is 45.9 Å². The number of amides is 1. The van der Waals surface area contributed by atoms with Crippen LogP contribution in [0.3, 0.4) is 0 Å². The largest absolute Gasteiger partial charge is 0.368 e. The van der Waals surface area contributed by atoms with Gasteiger partial charge in [0.2, 0.25) is 0 Å². The molecular weight excluding hydrogens is 385 g/mol. The van der Waals surface area contributed by atoms with Gasteiger partial charge in [-0.05, 0) is 50.8 Å². The maximum atomic E-state index is 12.7. The van der Waals surface area contributed by atoms with Gasteiger partial charge in [0.15, 0.2) is 0 Å². The number of nitrogens with zero attached hydrogens (tertiary/aromatic N) is 1. The number of carbonyl (C=O) groups excluding carboxylic acids is 1. The molecule has 0 radical (unpaired) electrons. The van der Waals surface area contributed by atoms with Crippen molar-refractivity contribution >= 4 is 30.7 Å². The predicted octanol–water partition coefficient (Wildman–Crippen LogP) is 2.42. The van der Waals surface area contributed by atoms with Crippen molar-refractivity contribution in [3.63, 3.8) is 0 Å². The van der Waals surface area contributed by atoms with Crippen LogP contribution in [0.2, 0.25) is 0 Å². The monoisotopic (exact) mass is 417 g/mol. The van der Waals surface area contributed by atoms with Gasteiger partial charge in [0.25, 0.3) is 5.91 Å². The smallest absolute Gasteiger partial charge is 0.252 e. The zero-order chi connectivity index (χ0) is 17.5. The molecule has 2 fully saturated rings. The van der Waals surface area contributed by atoms with Gasteiger partial charge in [0.1, 0.15) is 5.60 Å². The first-order valence-electron chi connectivity index (χ1n) is 9.55. The Bertz CT molecular complexity index is 545. The van der Waals surface area contributed by atoms with Crippen molar-refractivity contribution in [2.45, 2.75) is 43.7 Å². The molecule has 5 nitrogen and oxygen atoms in total. The van der Waals surface area contributed by atoms with E-state index in [4.69, 9.17) is 4.74 Å². The number of benzene rings is 1. The Kier molecular flexibility index (Phi) is 10.6. The number of nitrogens with one attached hydrogen (secondary N) is 2. The first-order chi connectivity index (χ1) is 12.2. The molecule has 2 heterocycles. The number of methoxy groups -OCH3 is 1. The van der Waals surface area contributed by atoms with E-state index in [1.807, 2.05) is 0 Å². The zero-order valence-corrected chi connectivity index (χ0v) is 17.7. The normalized spacial score (nSPS) is 20.2. The van der Waals surface area contributed by atoms with Crippen molar-refractivity contribution in [2.75, 3.05) is 39.8 Å². The summed E-state index contributed by atoms with van der Waals surface area (Å²) in [5.74, 6) is 0.0826. The molecule has 0 aliphatic carbocycles. The fourth-order valence-corrected chi connectivity index (χ4v) is 3.90. The molecule has 0 saturated carbocycles. The molecular formula is C20H33Cl2N3O2. The molecule has 0 bridgehead atoms. The molecule has 0 atom stereocenters. The van der Waals surface area contributed by atoms with E-state index in [-0.39, 0.29) is 36.8 Å². The number of likely N-dealkylation sites (tertiary alicyclic amines) is 1. The van der Waals surface area contributed by atoms with Crippen LogP contribution in [-0.2, 0) is 16.0 Å². The predicted molar refractivity (Wildman–Crippen MR) is 114 cm³/mol. The summed E-state index contributed by atoms with van der Waals surface area (Å²) in [6.07, 6.45) is 4.66. The van der Waals surface area contributed by atoms with Gasteiger partial charge in [-0.3, -0.25) is 4.79 Å². The van der Waals surface area contributed by atoms with E-state index < -0.39 is 5.60 Å². The second-order valence-electron chi connectivity index (χ2n) is 7.27. The van der Waals surface area contributed by atoms with E-state index in [0.29, 0.717) is 0 Å². The highest BCUT2D eigenvalue weighted by molar-refractivity contribution is 5.86. The quantitative estimate of drug-likeness (QED) is 0.745. The maximum Gasteiger partial charge on any atom is 0.252 e. The van der Waals surface area contributed by atoms with Gasteiger partial charge in [-0.1, -0.05) is 30.3 Å². The highest BCUT2D eigenvalue weighted by atomic mass is 35.5. The molecule has 154 valence electrons. The Hall–Kier alpha value is -0.850. The molecule has 27 heavy (non-hydrogen) atoms. The van der Waals surface area contributed by atoms with Gasteiger partial charge >= 0.3 is 0 Å². The summed E-state index contributed by atoms with van der Waals surface area (Å²) < 4.78 is 5.63. The Balaban J connectivity index is 0.00000182. The number of piperidine rings is 2. The lowest BCUT2D eigenvalue weighted by Crippen LogP contribution is -2.57. The summed E-state index contributed by atoms with van der Waals surface area (Å²) in [5.41, 5.74) is 0.765. The van der Waals surface area contributed by atoms with Crippen molar-refractivity contribution in [1.29, 1.82) is 0 Å². The third-order valence-electron chi connectivity index (χ3n) is 5.70. The summed E-state index contributed by atoms with van der Waals surface area (Å²) in [6.45, 7) is 4.90. The van der Waals surface area contributed by atoms with E-state index in [1.165, 1.54) is 5.56 Å². The van der Waals surface area contributed by atoms with E-state index in [0.717, 1.165) is 64.8 Å². The number of hydrogen-bond donors (Lipinski definition) is 2. The van der Waals surface area contributed by atoms with Gasteiger partial charge in [-0.25, -0.2) is 0 Å². The molecule has 2 N–H and O–H groups in total. The molecule has 1 amide bonds. The third kappa shape index (κ3) is 6.61. The second kappa shape index (κ2) is 11.9. The first kappa shape index (κ1) is 24.2. The average Bonchev–Trinajstić information content (AvgIpc) is 2.68. The summed E-state index contributed by atoms with van der Waals surface area (Å²) >= 11 is 0. The van der Waals surface area contributed by atoms with Crippen LogP contribution >= 0.6 is 24.8 Å². The number of rotatable bonds is 6. The van der Waals surface area contributed by atoms with Crippen LogP contribution in [0, 0.1) is 0 Å². The van der Waals surface area contributed by atoms with Crippen LogP contribution in [0.15, 0.2) is 30.3 Å². The minimum absolute atomic E-state index is 0. The molecule has 3 rings (SSSR count). The van der Waals surface area contributed by atoms with Gasteiger partial charge in [0, 0.05) is 32.8 Å². The summed E-state index contributed by atoms with van der Waals surface area (Å²) in [5, 5.41) is 6.56. The van der Waals surface area contributed by atoms with Gasteiger partial charge < -0.3 is 20.3 Å². The van der Waals surface area contributed by atoms with Crippen molar-refractivity contribution in [3.8, 4) is 0 Å². The van der Waals surface area contributed by atoms with Crippen LogP contribution in [0.1, 0.15) is 31.2 Å². The Morgan fingerprint density at radius 1 is 1.19 bits per heavy atom. The van der Waals surface area contributed by atoms with Crippen molar-refractivity contribution in [1.82, 2.24) is 15.5 Å². The second-order valence-corrected chi connectivity index (χ2v) is 7.27. The number of ether oxygens (including phenoxy) is 1. The van der Waals surface area contributed by atoms with Gasteiger partial charge in [0.05, 0.1) is 0 Å². The molecule has 0 spiro atoms. The van der Waals surface area contributed by atoms with Gasteiger partial charge in [-0.2, -0.15) is 0 Å². The molecule has 0 aromatic heterocycles. The highest BCUT2D eigenvalue weighted by Crippen LogP contribution is 2.23. The lowest BCUT2D eigenvalue weighted by Gasteiger charge is -2.38. The lowest BCUT2D eigenvalue weighted by atomic mass is 9.90. The minimum Gasteiger partial charge on any atom is -0.368 e. The van der Waals surface area contributed by atoms with Crippen LogP contribution in [-0.4, -0.2) is 62.3 Å². The molecule has 2 aliphatic rings. The van der Waals surface area contributed by atoms with Crippen molar-refractivity contribution in [3.05, 3.63) is 35.9 Å². The van der Waals surface area contributed by atoms with Crippen LogP contribution in [0.4, 0.5) is 0 Å². The molecule has 2 aliphatic heterocycles. The topological polar surface area (TPSA) is 53.6 Å². The summed E-state index contributed by atoms with van der Waals surface area (Å²) in [4.78, 5) is 15.2. The SMILES string of the molecule is COC1(C(=O)NC2CCN(CCc3ccccc3)CC2)CCNCC1.Cl.Cl. The third-order valence-corrected chi connectivity index (χ3v) is 5.70. The molecule has 0 unspecified atom stereocenters. The first-order valence-corrected chi connectivity index (χ1v) is 9.55. The zero-order valence-electron chi connectivity index (χ0n) is 16.1. The fraction of sp³-hybridized carbons (Fsp3) is 0.650. The Morgan fingerprint density at radius 3 is 2.41 bits per heavy atom. The summed E-state index contributed by atoms with van der Waals surface area (Å²) in [7, 11) is 1.66. The standard InChI is InChI=1S/C20H31N3O2.2ClH/c1-25-20(10-12-21-13-11-20)19(24)22-18-8-15-23(16-9-18)14-7-17-5-3-2-4-6-17;;/h2-6,18,21H,7-16H2,1H3,(H,22,24);2*1H. The number of halogens is 2. The Labute approximate surface area is 175 Å². The average molecular weight is 418 g/mol. The maximum absolute atomic E-state index is 12.7. The van der Waals surface area contributed by atoms with Crippen LogP contribution in [0.5, 0.6) is 0 Å². The fourth-order valence-electron chi connectivity index (χ4n) is 3.90. The molecule has 2 saturated heterocycles. The molecule has 1 aromatic rings. The van der Waals surface area contributed by atoms with Crippen LogP contribution < -0.4 is 10.6 Å².